The van der Waals surface area contributed by atoms with Crippen molar-refractivity contribution < 1.29 is 14.3 Å². The summed E-state index contributed by atoms with van der Waals surface area (Å²) in [4.78, 5) is 0. The van der Waals surface area contributed by atoms with E-state index in [0.29, 0.717) is 6.61 Å². The van der Waals surface area contributed by atoms with E-state index in [4.69, 9.17) is 14.3 Å². The largest absolute Gasteiger partial charge is 0.413 e. The van der Waals surface area contributed by atoms with Gasteiger partial charge in [0.05, 0.1) is 13.2 Å². The molecule has 1 N–H and O–H groups in total. The van der Waals surface area contributed by atoms with Crippen LogP contribution in [-0.2, 0) is 9.16 Å². The molecular weight excluding hydrogens is 244 g/mol. The normalized spacial score (nSPS) is 25.2. The Morgan fingerprint density at radius 3 is 2.22 bits per heavy atom. The number of epoxide rings is 1. The number of hydrogen-bond acceptors (Lipinski definition) is 3. The first-order valence-corrected chi connectivity index (χ1v) is 9.42. The lowest BCUT2D eigenvalue weighted by Crippen LogP contribution is -2.40. The summed E-state index contributed by atoms with van der Waals surface area (Å²) in [7, 11) is -1.63. The highest BCUT2D eigenvalue weighted by molar-refractivity contribution is 6.74. The molecule has 0 spiro atoms. The maximum atomic E-state index is 8.63. The van der Waals surface area contributed by atoms with Crippen LogP contribution in [0.5, 0.6) is 0 Å². The average molecular weight is 270 g/mol. The van der Waals surface area contributed by atoms with E-state index in [1.807, 2.05) is 18.2 Å². The van der Waals surface area contributed by atoms with E-state index >= 15 is 0 Å². The maximum Gasteiger partial charge on any atom is 0.192 e. The van der Waals surface area contributed by atoms with E-state index < -0.39 is 8.32 Å². The number of rotatable bonds is 6. The highest BCUT2D eigenvalue weighted by Gasteiger charge is 2.37. The van der Waals surface area contributed by atoms with Gasteiger partial charge < -0.3 is 14.3 Å². The molecule has 18 heavy (non-hydrogen) atoms. The summed E-state index contributed by atoms with van der Waals surface area (Å²) in [6.07, 6.45) is 7.99. The molecule has 0 saturated carbocycles. The molecule has 0 aromatic rings. The first-order valence-electron chi connectivity index (χ1n) is 6.51. The summed E-state index contributed by atoms with van der Waals surface area (Å²) < 4.78 is 11.4. The molecule has 3 nitrogen and oxygen atoms in total. The van der Waals surface area contributed by atoms with Gasteiger partial charge in [-0.3, -0.25) is 0 Å². The lowest BCUT2D eigenvalue weighted by molar-refractivity contribution is 0.327. The molecule has 1 heterocycles. The van der Waals surface area contributed by atoms with Crippen LogP contribution in [0.2, 0.25) is 18.1 Å². The Kier molecular flexibility index (Phi) is 5.34. The molecule has 0 aromatic carbocycles. The molecular formula is C14H26O3Si. The molecule has 0 bridgehead atoms. The minimum atomic E-state index is -1.63. The average Bonchev–Trinajstić information content (AvgIpc) is 2.99. The van der Waals surface area contributed by atoms with E-state index in [9.17, 15) is 0 Å². The third-order valence-electron chi connectivity index (χ3n) is 3.66. The topological polar surface area (TPSA) is 42.0 Å². The zero-order valence-electron chi connectivity index (χ0n) is 12.1. The van der Waals surface area contributed by atoms with Gasteiger partial charge in [-0.05, 0) is 18.1 Å². The molecule has 0 aromatic heterocycles. The van der Waals surface area contributed by atoms with Crippen molar-refractivity contribution in [2.24, 2.45) is 0 Å². The highest BCUT2D eigenvalue weighted by Crippen LogP contribution is 2.36. The number of aliphatic hydroxyl groups excluding tert-OH is 1. The predicted octanol–water partition coefficient (Wildman–Crippen LogP) is 2.88. The molecule has 1 saturated heterocycles. The second-order valence-corrected chi connectivity index (χ2v) is 11.0. The van der Waals surface area contributed by atoms with E-state index in [0.717, 1.165) is 0 Å². The third-order valence-corrected chi connectivity index (χ3v) is 8.17. The maximum absolute atomic E-state index is 8.63. The van der Waals surface area contributed by atoms with Crippen LogP contribution in [0, 0.1) is 0 Å². The van der Waals surface area contributed by atoms with Crippen molar-refractivity contribution in [1.29, 1.82) is 0 Å². The summed E-state index contributed by atoms with van der Waals surface area (Å²) in [6, 6.07) is 0. The Morgan fingerprint density at radius 1 is 1.17 bits per heavy atom. The Balaban J connectivity index is 2.25. The Bertz CT molecular complexity index is 315. The van der Waals surface area contributed by atoms with Crippen LogP contribution in [0.4, 0.5) is 0 Å². The molecule has 0 amide bonds. The van der Waals surface area contributed by atoms with Gasteiger partial charge in [0.1, 0.15) is 12.2 Å². The summed E-state index contributed by atoms with van der Waals surface area (Å²) in [5.41, 5.74) is 0. The fourth-order valence-corrected chi connectivity index (χ4v) is 2.25. The molecule has 2 atom stereocenters. The van der Waals surface area contributed by atoms with Crippen LogP contribution >= 0.6 is 0 Å². The van der Waals surface area contributed by atoms with E-state index in [1.165, 1.54) is 0 Å². The second-order valence-electron chi connectivity index (χ2n) is 6.18. The van der Waals surface area contributed by atoms with E-state index in [-0.39, 0.29) is 23.9 Å². The van der Waals surface area contributed by atoms with Crippen molar-refractivity contribution in [3.05, 3.63) is 24.3 Å². The summed E-state index contributed by atoms with van der Waals surface area (Å²) >= 11 is 0. The third kappa shape index (κ3) is 4.69. The van der Waals surface area contributed by atoms with Crippen molar-refractivity contribution in [3.8, 4) is 0 Å². The van der Waals surface area contributed by atoms with Gasteiger partial charge in [-0.15, -0.1) is 0 Å². The molecule has 1 fully saturated rings. The summed E-state index contributed by atoms with van der Waals surface area (Å²) in [5.74, 6) is 0. The first kappa shape index (κ1) is 15.6. The van der Waals surface area contributed by atoms with Crippen LogP contribution in [0.3, 0.4) is 0 Å². The van der Waals surface area contributed by atoms with Crippen molar-refractivity contribution in [2.75, 3.05) is 13.2 Å². The highest BCUT2D eigenvalue weighted by atomic mass is 28.4. The molecule has 4 heteroatoms. The second kappa shape index (κ2) is 6.15. The fraction of sp³-hybridized carbons (Fsp3) is 0.714. The lowest BCUT2D eigenvalue weighted by Gasteiger charge is -2.35. The zero-order chi connectivity index (χ0) is 13.8. The van der Waals surface area contributed by atoms with Gasteiger partial charge in [0.2, 0.25) is 0 Å². The number of aliphatic hydroxyl groups is 1. The van der Waals surface area contributed by atoms with Crippen LogP contribution in [0.25, 0.3) is 0 Å². The zero-order valence-corrected chi connectivity index (χ0v) is 13.1. The minimum Gasteiger partial charge on any atom is -0.413 e. The first-order chi connectivity index (χ1) is 8.28. The van der Waals surface area contributed by atoms with E-state index in [2.05, 4.69) is 33.9 Å². The van der Waals surface area contributed by atoms with Gasteiger partial charge in [-0.1, -0.05) is 45.1 Å². The SMILES string of the molecule is CC(C)(C)[Si](C)(C)OC/C=C/[C@@H]1O[C@H]1/C=C/CO. The molecule has 0 radical (unpaired) electrons. The quantitative estimate of drug-likeness (QED) is 0.458. The molecule has 104 valence electrons. The van der Waals surface area contributed by atoms with Crippen LogP contribution in [0.1, 0.15) is 20.8 Å². The minimum absolute atomic E-state index is 0.0742. The molecule has 1 aliphatic heterocycles. The number of hydrogen-bond donors (Lipinski definition) is 1. The van der Waals surface area contributed by atoms with Crippen molar-refractivity contribution in [2.45, 2.75) is 51.1 Å². The molecule has 0 aliphatic carbocycles. The van der Waals surface area contributed by atoms with E-state index in [1.54, 1.807) is 6.08 Å². The van der Waals surface area contributed by atoms with Crippen LogP contribution in [0.15, 0.2) is 24.3 Å². The Morgan fingerprint density at radius 2 is 1.72 bits per heavy atom. The van der Waals surface area contributed by atoms with Gasteiger partial charge in [-0.2, -0.15) is 0 Å². The molecule has 1 aliphatic rings. The van der Waals surface area contributed by atoms with Crippen molar-refractivity contribution in [3.63, 3.8) is 0 Å². The van der Waals surface area contributed by atoms with Gasteiger partial charge in [0.25, 0.3) is 0 Å². The van der Waals surface area contributed by atoms with Crippen molar-refractivity contribution >= 4 is 8.32 Å². The fourth-order valence-electron chi connectivity index (χ4n) is 1.30. The monoisotopic (exact) mass is 270 g/mol. The van der Waals surface area contributed by atoms with Gasteiger partial charge in [0, 0.05) is 0 Å². The summed E-state index contributed by atoms with van der Waals surface area (Å²) in [5, 5.41) is 8.89. The van der Waals surface area contributed by atoms with Gasteiger partial charge >= 0.3 is 0 Å². The Hall–Kier alpha value is -0.423. The predicted molar refractivity (Wildman–Crippen MR) is 77.2 cm³/mol. The standard InChI is InChI=1S/C14H26O3Si/c1-14(2,3)18(4,5)16-11-7-9-13-12(17-13)8-6-10-15/h6-9,12-13,15H,10-11H2,1-5H3/b8-6+,9-7+/t12-,13-/m0/s1. The molecule has 1 rings (SSSR count). The van der Waals surface area contributed by atoms with Crippen molar-refractivity contribution in [1.82, 2.24) is 0 Å². The summed E-state index contributed by atoms with van der Waals surface area (Å²) in [6.45, 7) is 12.0. The lowest BCUT2D eigenvalue weighted by atomic mass is 10.2. The van der Waals surface area contributed by atoms with Gasteiger partial charge in [0.15, 0.2) is 8.32 Å². The van der Waals surface area contributed by atoms with Crippen LogP contribution in [-0.4, -0.2) is 38.8 Å². The molecule has 0 unspecified atom stereocenters. The van der Waals surface area contributed by atoms with Gasteiger partial charge in [-0.25, -0.2) is 0 Å². The number of ether oxygens (including phenoxy) is 1. The van der Waals surface area contributed by atoms with Crippen LogP contribution < -0.4 is 0 Å². The smallest absolute Gasteiger partial charge is 0.192 e. The Labute approximate surface area is 112 Å².